The first kappa shape index (κ1) is 33.0. The van der Waals surface area contributed by atoms with Crippen molar-refractivity contribution in [2.24, 2.45) is 20.5 Å². The van der Waals surface area contributed by atoms with E-state index < -0.39 is 36.3 Å². The molecule has 47 heavy (non-hydrogen) atoms. The van der Waals surface area contributed by atoms with E-state index in [1.165, 1.54) is 62.8 Å². The molecule has 0 spiro atoms. The number of hydrogen-bond acceptors (Lipinski definition) is 12. The zero-order chi connectivity index (χ0) is 33.9. The van der Waals surface area contributed by atoms with Crippen molar-refractivity contribution in [2.45, 2.75) is 22.5 Å². The second kappa shape index (κ2) is 13.2. The van der Waals surface area contributed by atoms with Gasteiger partial charge in [0.15, 0.2) is 15.6 Å². The summed E-state index contributed by atoms with van der Waals surface area (Å²) in [6.07, 6.45) is 0. The van der Waals surface area contributed by atoms with Gasteiger partial charge in [-0.3, -0.25) is 4.55 Å². The van der Waals surface area contributed by atoms with Gasteiger partial charge in [0.1, 0.15) is 33.5 Å². The third-order valence-electron chi connectivity index (χ3n) is 7.07. The summed E-state index contributed by atoms with van der Waals surface area (Å²) in [5.74, 6) is -0.417. The van der Waals surface area contributed by atoms with E-state index in [0.717, 1.165) is 11.6 Å². The normalized spacial score (nSPS) is 12.3. The highest BCUT2D eigenvalue weighted by Gasteiger charge is 2.23. The molecule has 0 fully saturated rings. The number of nitrogens with two attached hydrogens (primary N) is 1. The molecule has 4 N–H and O–H groups in total. The standard InChI is InChI=1S/C32H29N5O8S2/c1-19-7-9-20(10-8-19)18-46(39,40)23-13-11-22(12-14-23)34-35-25-16-28(45-3)26(17-27(25)44-2)36-37-31-29(47(41,42)43)15-21-5-4-6-24(33)30(21)32(31)38/h4-17,38H,18,33H2,1-3H3,(H,41,42,43)/b35-34+,37-36+. The molecule has 0 saturated carbocycles. The molecular weight excluding hydrogens is 647 g/mol. The molecule has 0 aliphatic rings. The molecule has 0 atom stereocenters. The molecule has 0 aliphatic heterocycles. The summed E-state index contributed by atoms with van der Waals surface area (Å²) in [7, 11) is -5.68. The van der Waals surface area contributed by atoms with E-state index in [1.807, 2.05) is 19.1 Å². The van der Waals surface area contributed by atoms with Crippen LogP contribution in [0.3, 0.4) is 0 Å². The van der Waals surface area contributed by atoms with Gasteiger partial charge in [0, 0.05) is 23.2 Å². The number of phenols is 1. The molecule has 0 amide bonds. The minimum Gasteiger partial charge on any atom is -0.505 e. The van der Waals surface area contributed by atoms with Crippen molar-refractivity contribution in [1.29, 1.82) is 0 Å². The Hall–Kier alpha value is -5.38. The second-order valence-electron chi connectivity index (χ2n) is 10.3. The number of nitrogens with zero attached hydrogens (tertiary/aromatic N) is 4. The Morgan fingerprint density at radius 1 is 0.766 bits per heavy atom. The minimum atomic E-state index is -4.83. The van der Waals surface area contributed by atoms with Gasteiger partial charge >= 0.3 is 0 Å². The van der Waals surface area contributed by atoms with Gasteiger partial charge < -0.3 is 20.3 Å². The van der Waals surface area contributed by atoms with E-state index in [1.54, 1.807) is 18.2 Å². The maximum atomic E-state index is 12.9. The van der Waals surface area contributed by atoms with Crippen LogP contribution < -0.4 is 15.2 Å². The third kappa shape index (κ3) is 7.22. The largest absolute Gasteiger partial charge is 0.505 e. The Morgan fingerprint density at radius 2 is 1.36 bits per heavy atom. The number of phenolic OH excluding ortho intramolecular Hbond substituents is 1. The van der Waals surface area contributed by atoms with Crippen LogP contribution in [0.15, 0.2) is 115 Å². The van der Waals surface area contributed by atoms with Gasteiger partial charge in [-0.15, -0.1) is 15.3 Å². The number of nitrogen functional groups attached to an aromatic ring is 1. The molecule has 5 aromatic rings. The number of rotatable bonds is 10. The van der Waals surface area contributed by atoms with Crippen LogP contribution in [-0.2, 0) is 25.7 Å². The molecule has 0 saturated heterocycles. The van der Waals surface area contributed by atoms with Gasteiger partial charge in [-0.1, -0.05) is 42.0 Å². The number of aryl methyl sites for hydroxylation is 1. The highest BCUT2D eigenvalue weighted by Crippen LogP contribution is 2.45. The first-order chi connectivity index (χ1) is 22.3. The molecule has 5 rings (SSSR count). The number of methoxy groups -OCH3 is 2. The van der Waals surface area contributed by atoms with Crippen LogP contribution in [-0.4, -0.2) is 40.7 Å². The molecule has 242 valence electrons. The summed E-state index contributed by atoms with van der Waals surface area (Å²) >= 11 is 0. The van der Waals surface area contributed by atoms with Gasteiger partial charge in [-0.25, -0.2) is 8.42 Å². The molecule has 0 aromatic heterocycles. The monoisotopic (exact) mass is 675 g/mol. The highest BCUT2D eigenvalue weighted by atomic mass is 32.2. The van der Waals surface area contributed by atoms with Crippen molar-refractivity contribution in [2.75, 3.05) is 20.0 Å². The maximum Gasteiger partial charge on any atom is 0.296 e. The average Bonchev–Trinajstić information content (AvgIpc) is 3.03. The lowest BCUT2D eigenvalue weighted by atomic mass is 10.1. The molecule has 0 heterocycles. The fraction of sp³-hybridized carbons (Fsp3) is 0.125. The zero-order valence-electron chi connectivity index (χ0n) is 25.3. The fourth-order valence-electron chi connectivity index (χ4n) is 4.66. The Morgan fingerprint density at radius 3 is 1.94 bits per heavy atom. The van der Waals surface area contributed by atoms with E-state index in [4.69, 9.17) is 15.2 Å². The zero-order valence-corrected chi connectivity index (χ0v) is 26.9. The van der Waals surface area contributed by atoms with E-state index >= 15 is 0 Å². The van der Waals surface area contributed by atoms with E-state index in [0.29, 0.717) is 11.3 Å². The smallest absolute Gasteiger partial charge is 0.296 e. The summed E-state index contributed by atoms with van der Waals surface area (Å²) in [4.78, 5) is -0.537. The van der Waals surface area contributed by atoms with Crippen LogP contribution in [0.5, 0.6) is 17.2 Å². The van der Waals surface area contributed by atoms with Crippen LogP contribution in [0.25, 0.3) is 10.8 Å². The first-order valence-electron chi connectivity index (χ1n) is 13.8. The summed E-state index contributed by atoms with van der Waals surface area (Å²) in [6.45, 7) is 1.93. The van der Waals surface area contributed by atoms with Gasteiger partial charge in [0.2, 0.25) is 0 Å². The Balaban J connectivity index is 1.44. The Bertz CT molecular complexity index is 2250. The van der Waals surface area contributed by atoms with Gasteiger partial charge in [-0.2, -0.15) is 13.5 Å². The van der Waals surface area contributed by atoms with Crippen LogP contribution >= 0.6 is 0 Å². The van der Waals surface area contributed by atoms with Gasteiger partial charge in [0.25, 0.3) is 10.1 Å². The van der Waals surface area contributed by atoms with Gasteiger partial charge in [-0.05, 0) is 54.3 Å². The van der Waals surface area contributed by atoms with Crippen LogP contribution in [0.1, 0.15) is 11.1 Å². The van der Waals surface area contributed by atoms with Crippen molar-refractivity contribution in [3.05, 3.63) is 96.1 Å². The number of benzene rings is 5. The number of aromatic hydroxyl groups is 1. The van der Waals surface area contributed by atoms with E-state index in [-0.39, 0.29) is 50.0 Å². The molecule has 5 aromatic carbocycles. The second-order valence-corrected chi connectivity index (χ2v) is 13.7. The van der Waals surface area contributed by atoms with Crippen molar-refractivity contribution < 1.29 is 36.0 Å². The highest BCUT2D eigenvalue weighted by molar-refractivity contribution is 7.90. The number of ether oxygens (including phenoxy) is 2. The molecule has 0 unspecified atom stereocenters. The number of sulfone groups is 1. The van der Waals surface area contributed by atoms with Gasteiger partial charge in [0.05, 0.1) is 30.6 Å². The average molecular weight is 676 g/mol. The quantitative estimate of drug-likeness (QED) is 0.0760. The summed E-state index contributed by atoms with van der Waals surface area (Å²) in [6, 6.07) is 21.8. The first-order valence-corrected chi connectivity index (χ1v) is 16.9. The molecule has 0 bridgehead atoms. The molecule has 15 heteroatoms. The van der Waals surface area contributed by atoms with E-state index in [9.17, 15) is 26.5 Å². The summed E-state index contributed by atoms with van der Waals surface area (Å²) in [5, 5.41) is 27.7. The summed E-state index contributed by atoms with van der Waals surface area (Å²) in [5.41, 5.74) is 7.99. The lowest BCUT2D eigenvalue weighted by molar-refractivity contribution is 0.405. The number of fused-ring (bicyclic) bond motifs is 1. The fourth-order valence-corrected chi connectivity index (χ4v) is 6.67. The third-order valence-corrected chi connectivity index (χ3v) is 9.64. The molecule has 0 radical (unpaired) electrons. The SMILES string of the molecule is COc1cc(/N=N/c2c(S(=O)(=O)O)cc3cccc(N)c3c2O)c(OC)cc1/N=N/c1ccc(S(=O)(=O)Cc2ccc(C)cc2)cc1. The van der Waals surface area contributed by atoms with Crippen LogP contribution in [0.4, 0.5) is 28.4 Å². The van der Waals surface area contributed by atoms with Crippen LogP contribution in [0.2, 0.25) is 0 Å². The van der Waals surface area contributed by atoms with Crippen LogP contribution in [0, 0.1) is 6.92 Å². The van der Waals surface area contributed by atoms with E-state index in [2.05, 4.69) is 20.5 Å². The molecule has 13 nitrogen and oxygen atoms in total. The Labute approximate surface area is 270 Å². The molecule has 0 aliphatic carbocycles. The molecular formula is C32H29N5O8S2. The lowest BCUT2D eigenvalue weighted by Crippen LogP contribution is -2.04. The number of azo groups is 2. The number of anilines is 1. The van der Waals surface area contributed by atoms with Crippen molar-refractivity contribution in [3.8, 4) is 17.2 Å². The van der Waals surface area contributed by atoms with Crippen molar-refractivity contribution >= 4 is 59.2 Å². The Kier molecular flexibility index (Phi) is 9.24. The number of hydrogen-bond donors (Lipinski definition) is 3. The van der Waals surface area contributed by atoms with Crippen molar-refractivity contribution in [3.63, 3.8) is 0 Å². The predicted octanol–water partition coefficient (Wildman–Crippen LogP) is 7.50. The minimum absolute atomic E-state index is 0.0632. The maximum absolute atomic E-state index is 12.9. The van der Waals surface area contributed by atoms with Crippen molar-refractivity contribution in [1.82, 2.24) is 0 Å². The summed E-state index contributed by atoms with van der Waals surface area (Å²) < 4.78 is 70.9. The predicted molar refractivity (Wildman–Crippen MR) is 176 cm³/mol. The topological polar surface area (TPSA) is 203 Å². The lowest BCUT2D eigenvalue weighted by Gasteiger charge is -2.11.